The second-order valence-electron chi connectivity index (χ2n) is 8.61. The molecule has 0 saturated carbocycles. The Kier molecular flexibility index (Phi) is 8.18. The molecule has 38 heavy (non-hydrogen) atoms. The quantitative estimate of drug-likeness (QED) is 0.185. The van der Waals surface area contributed by atoms with Gasteiger partial charge in [0.05, 0.1) is 7.57 Å². The van der Waals surface area contributed by atoms with Crippen LogP contribution in [0.5, 0.6) is 0 Å². The fourth-order valence-electron chi connectivity index (χ4n) is 4.32. The van der Waals surface area contributed by atoms with Gasteiger partial charge in [-0.1, -0.05) is 145 Å². The lowest BCUT2D eigenvalue weighted by molar-refractivity contribution is 1.54. The third-order valence-electron chi connectivity index (χ3n) is 6.15. The summed E-state index contributed by atoms with van der Waals surface area (Å²) < 4.78 is 12.2. The fourth-order valence-corrected chi connectivity index (χ4v) is 6.55. The average Bonchev–Trinajstić information content (AvgIpc) is 3.02. The first-order chi connectivity index (χ1) is 19.6. The van der Waals surface area contributed by atoms with E-state index < -0.39 is 9.01 Å². The van der Waals surface area contributed by atoms with Crippen molar-refractivity contribution in [2.24, 2.45) is 0 Å². The van der Waals surface area contributed by atoms with E-state index in [4.69, 9.17) is 2.56 Å². The molecule has 4 aromatic rings. The van der Waals surface area contributed by atoms with Gasteiger partial charge in [0.15, 0.2) is 0 Å². The Hall–Kier alpha value is -3.23. The summed E-state index contributed by atoms with van der Waals surface area (Å²) in [5, 5.41) is 0. The van der Waals surface area contributed by atoms with E-state index in [1.807, 2.05) is 23.5 Å². The smallest absolute Gasteiger partial charge is 0.0996 e. The van der Waals surface area contributed by atoms with Crippen LogP contribution in [0.3, 0.4) is 0 Å². The topological polar surface area (TPSA) is 0 Å². The first-order valence-corrected chi connectivity index (χ1v) is 14.4. The van der Waals surface area contributed by atoms with Gasteiger partial charge in [-0.2, -0.15) is 9.01 Å². The monoisotopic (exact) mass is 544 g/mol. The molecule has 0 aliphatic carbocycles. The first kappa shape index (κ1) is 23.9. The van der Waals surface area contributed by atoms with Gasteiger partial charge in [0.1, 0.15) is 0 Å². The molecule has 6 rings (SSSR count). The zero-order chi connectivity index (χ0) is 27.7. The number of thioether (sulfide) groups is 2. The predicted molar refractivity (Wildman–Crippen MR) is 175 cm³/mol. The fraction of sp³-hybridized carbons (Fsp3) is 0. The van der Waals surface area contributed by atoms with Crippen molar-refractivity contribution in [2.45, 2.75) is 0 Å². The molecule has 2 aliphatic rings. The molecule has 0 N–H and O–H groups in total. The number of allylic oxidation sites excluding steroid dienone is 6. The molecular weight excluding hydrogens is 514 g/mol. The van der Waals surface area contributed by atoms with Crippen LogP contribution < -0.4 is 0 Å². The van der Waals surface area contributed by atoms with Crippen LogP contribution in [0.2, 0.25) is 0 Å². The molecule has 2 heterocycles. The summed E-state index contributed by atoms with van der Waals surface area (Å²) >= 11 is 3.68. The van der Waals surface area contributed by atoms with Crippen molar-refractivity contribution in [3.8, 4) is 0 Å². The highest BCUT2D eigenvalue weighted by Crippen LogP contribution is 2.48. The lowest BCUT2D eigenvalue weighted by Gasteiger charge is -2.21. The number of benzene rings is 4. The van der Waals surface area contributed by atoms with Crippen molar-refractivity contribution in [2.75, 3.05) is 0 Å². The zero-order valence-corrected chi connectivity index (χ0v) is 23.2. The lowest BCUT2D eigenvalue weighted by Crippen LogP contribution is -1.97. The van der Waals surface area contributed by atoms with E-state index in [1.165, 1.54) is 53.0 Å². The Morgan fingerprint density at radius 3 is 0.842 bits per heavy atom. The minimum Gasteiger partial charge on any atom is -0.187 e. The zero-order valence-electron chi connectivity index (χ0n) is 22.7. The van der Waals surface area contributed by atoms with Crippen LogP contribution in [0.4, 0.5) is 0 Å². The van der Waals surface area contributed by atoms with Crippen LogP contribution in [0.15, 0.2) is 157 Å². The highest BCUT2D eigenvalue weighted by Gasteiger charge is 2.19. The van der Waals surface area contributed by atoms with Crippen LogP contribution in [0.1, 0.15) is 22.3 Å². The summed E-state index contributed by atoms with van der Waals surface area (Å²) in [7, 11) is 2.89. The molecule has 2 aliphatic heterocycles. The molecule has 4 aromatic carbocycles. The van der Waals surface area contributed by atoms with E-state index >= 15 is 0 Å². The van der Waals surface area contributed by atoms with Crippen LogP contribution in [0.25, 0.3) is 19.6 Å². The third-order valence-corrected chi connectivity index (χ3v) is 8.45. The molecule has 0 saturated heterocycles. The largest absolute Gasteiger partial charge is 0.187 e. The van der Waals surface area contributed by atoms with Crippen LogP contribution in [-0.4, -0.2) is 10.1 Å². The molecule has 0 aromatic heterocycles. The molecule has 2 radical (unpaired) electrons. The SMILES string of the molecule is C1=C(c2ccccc2)SC(c2ccccc2)=CC1=C1C=C(c2ccccc2)SC(c2ccccc2)=C1.[3H]P([3H])[B]. The van der Waals surface area contributed by atoms with Gasteiger partial charge < -0.3 is 0 Å². The first-order valence-electron chi connectivity index (χ1n) is 13.2. The molecule has 0 atom stereocenters. The van der Waals surface area contributed by atoms with Gasteiger partial charge in [0.25, 0.3) is 0 Å². The standard InChI is InChI=1S/C34H24S2.BH2P/c1-5-13-25(14-6-1)31-21-29(22-32(35-31)26-15-7-2-8-16-26)30-23-33(27-17-9-3-10-18-27)36-34(24-30)28-19-11-4-12-20-28;1-2/h1-24H;2H2/i;2T2. The van der Waals surface area contributed by atoms with Crippen molar-refractivity contribution >= 4 is 59.7 Å². The summed E-state index contributed by atoms with van der Waals surface area (Å²) in [6.07, 6.45) is 9.37. The molecule has 0 amide bonds. The minimum atomic E-state index is -1.62. The highest BCUT2D eigenvalue weighted by molar-refractivity contribution is 8.17. The summed E-state index contributed by atoms with van der Waals surface area (Å²) in [4.78, 5) is 5.06. The van der Waals surface area contributed by atoms with Gasteiger partial charge >= 0.3 is 0 Å². The summed E-state index contributed by atoms with van der Waals surface area (Å²) in [5.41, 5.74) is 7.43. The number of rotatable bonds is 4. The molecule has 0 unspecified atom stereocenters. The van der Waals surface area contributed by atoms with E-state index in [-0.39, 0.29) is 0 Å². The Bertz CT molecular complexity index is 1360. The van der Waals surface area contributed by atoms with Gasteiger partial charge in [0.2, 0.25) is 0 Å². The molecule has 0 bridgehead atoms. The Morgan fingerprint density at radius 1 is 0.421 bits per heavy atom. The Labute approximate surface area is 240 Å². The average molecular weight is 545 g/mol. The van der Waals surface area contributed by atoms with E-state index in [0.29, 0.717) is 0 Å². The van der Waals surface area contributed by atoms with Crippen LogP contribution in [-0.2, 0) is 0 Å². The highest BCUT2D eigenvalue weighted by atomic mass is 32.2. The van der Waals surface area contributed by atoms with E-state index in [1.54, 1.807) is 0 Å². The van der Waals surface area contributed by atoms with Crippen molar-refractivity contribution in [3.63, 3.8) is 0 Å². The maximum absolute atomic E-state index is 6.09. The van der Waals surface area contributed by atoms with Crippen molar-refractivity contribution in [1.29, 1.82) is 2.56 Å². The summed E-state index contributed by atoms with van der Waals surface area (Å²) in [6.45, 7) is 0. The summed E-state index contributed by atoms with van der Waals surface area (Å²) in [5.74, 6) is 0. The van der Waals surface area contributed by atoms with Crippen molar-refractivity contribution < 1.29 is 0 Å². The second-order valence-corrected chi connectivity index (χ2v) is 10.8. The number of hydrogen-bond donors (Lipinski definition) is 0. The predicted octanol–water partition coefficient (Wildman–Crippen LogP) is 9.89. The molecule has 4 heteroatoms. The summed E-state index contributed by atoms with van der Waals surface area (Å²) in [6, 6.07) is 42.8. The van der Waals surface area contributed by atoms with E-state index in [2.05, 4.69) is 153 Å². The van der Waals surface area contributed by atoms with E-state index in [9.17, 15) is 0 Å². The second kappa shape index (κ2) is 13.0. The van der Waals surface area contributed by atoms with Crippen LogP contribution >= 0.6 is 32.5 Å². The molecular formula is C34H26BPS2. The van der Waals surface area contributed by atoms with Gasteiger partial charge in [-0.15, -0.1) is 0 Å². The van der Waals surface area contributed by atoms with E-state index in [0.717, 1.165) is 0 Å². The maximum atomic E-state index is 6.09. The molecule has 0 nitrogen and oxygen atoms in total. The van der Waals surface area contributed by atoms with Crippen molar-refractivity contribution in [3.05, 3.63) is 179 Å². The van der Waals surface area contributed by atoms with Gasteiger partial charge in [-0.3, -0.25) is 0 Å². The molecule has 0 spiro atoms. The molecule has 0 fully saturated rings. The minimum absolute atomic E-state index is 1.23. The normalized spacial score (nSPS) is 15.7. The van der Waals surface area contributed by atoms with Gasteiger partial charge in [0, 0.05) is 22.2 Å². The lowest BCUT2D eigenvalue weighted by atomic mass is 10.00. The third kappa shape index (κ3) is 6.25. The number of hydrogen-bond acceptors (Lipinski definition) is 2. The van der Waals surface area contributed by atoms with Gasteiger partial charge in [-0.05, 0) is 57.7 Å². The maximum Gasteiger partial charge on any atom is 0.0996 e. The van der Waals surface area contributed by atoms with Gasteiger partial charge in [-0.25, -0.2) is 0 Å². The van der Waals surface area contributed by atoms with Crippen molar-refractivity contribution in [1.82, 2.24) is 0 Å². The van der Waals surface area contributed by atoms with Crippen LogP contribution in [0, 0.1) is 0 Å². The molecule has 182 valence electrons. The Balaban J connectivity index is 0.000000758. The Morgan fingerprint density at radius 2 is 0.632 bits per heavy atom.